The quantitative estimate of drug-likeness (QED) is 0.375. The molecule has 0 spiro atoms. The van der Waals surface area contributed by atoms with Crippen molar-refractivity contribution in [2.24, 2.45) is 0 Å². The van der Waals surface area contributed by atoms with Gasteiger partial charge in [-0.05, 0) is 25.0 Å². The van der Waals surface area contributed by atoms with E-state index in [-0.39, 0.29) is 22.1 Å². The molecule has 1 aliphatic rings. The Morgan fingerprint density at radius 3 is 2.67 bits per heavy atom. The zero-order valence-electron chi connectivity index (χ0n) is 14.6. The van der Waals surface area contributed by atoms with Crippen molar-refractivity contribution in [2.45, 2.75) is 25.8 Å². The average Bonchev–Trinajstić information content (AvgIpc) is 2.96. The molecule has 0 saturated carbocycles. The van der Waals surface area contributed by atoms with E-state index in [0.717, 1.165) is 12.1 Å². The molecule has 0 unspecified atom stereocenters. The number of carbonyl (C=O) groups is 2. The lowest BCUT2D eigenvalue weighted by Crippen LogP contribution is -2.43. The van der Waals surface area contributed by atoms with Gasteiger partial charge in [-0.1, -0.05) is 18.5 Å². The summed E-state index contributed by atoms with van der Waals surface area (Å²) >= 11 is 5.77. The normalized spacial score (nSPS) is 18.1. The second-order valence-corrected chi connectivity index (χ2v) is 8.80. The molecule has 1 saturated heterocycles. The van der Waals surface area contributed by atoms with Crippen LogP contribution in [-0.4, -0.2) is 60.8 Å². The second kappa shape index (κ2) is 8.66. The summed E-state index contributed by atoms with van der Waals surface area (Å²) in [6.07, 6.45) is 0.942. The molecule has 0 radical (unpaired) electrons. The molecule has 1 amide bonds. The van der Waals surface area contributed by atoms with Crippen LogP contribution in [0.5, 0.6) is 0 Å². The van der Waals surface area contributed by atoms with Crippen molar-refractivity contribution in [1.29, 1.82) is 0 Å². The Balaban J connectivity index is 2.08. The summed E-state index contributed by atoms with van der Waals surface area (Å²) in [4.78, 5) is 36.3. The van der Waals surface area contributed by atoms with E-state index in [4.69, 9.17) is 16.3 Å². The number of benzene rings is 1. The minimum absolute atomic E-state index is 0.0135. The first-order valence-corrected chi connectivity index (χ1v) is 10.5. The fourth-order valence-corrected chi connectivity index (χ4v) is 4.79. The van der Waals surface area contributed by atoms with Gasteiger partial charge in [0.2, 0.25) is 0 Å². The molecule has 27 heavy (non-hydrogen) atoms. The molecule has 2 rings (SSSR count). The van der Waals surface area contributed by atoms with E-state index in [1.807, 2.05) is 6.92 Å². The topological polar surface area (TPSA) is 124 Å². The van der Waals surface area contributed by atoms with Crippen LogP contribution in [0.4, 0.5) is 5.69 Å². The smallest absolute Gasteiger partial charge is 0.345 e. The van der Waals surface area contributed by atoms with E-state index in [0.29, 0.717) is 19.4 Å². The minimum atomic E-state index is -3.18. The standard InChI is InChI=1S/C16H19ClN2O7S/c1-2-6-18(12-5-7-27(24,25)10-12)15(20)9-26-16(21)13-8-11(17)3-4-14(13)19(22)23/h3-4,8,12H,2,5-7,9-10H2,1H3/t12-/m0/s1. The molecule has 148 valence electrons. The first-order chi connectivity index (χ1) is 12.6. The largest absolute Gasteiger partial charge is 0.452 e. The van der Waals surface area contributed by atoms with Crippen molar-refractivity contribution in [1.82, 2.24) is 4.90 Å². The highest BCUT2D eigenvalue weighted by Gasteiger charge is 2.34. The number of esters is 1. The van der Waals surface area contributed by atoms with Gasteiger partial charge in [-0.3, -0.25) is 14.9 Å². The maximum atomic E-state index is 12.4. The summed E-state index contributed by atoms with van der Waals surface area (Å²) < 4.78 is 28.2. The van der Waals surface area contributed by atoms with Crippen LogP contribution in [0.15, 0.2) is 18.2 Å². The third-order valence-electron chi connectivity index (χ3n) is 4.14. The van der Waals surface area contributed by atoms with Crippen LogP contribution in [-0.2, 0) is 19.4 Å². The Hall–Kier alpha value is -2.20. The third kappa shape index (κ3) is 5.39. The van der Waals surface area contributed by atoms with Gasteiger partial charge >= 0.3 is 5.97 Å². The van der Waals surface area contributed by atoms with E-state index < -0.39 is 45.0 Å². The lowest BCUT2D eigenvalue weighted by molar-refractivity contribution is -0.385. The average molecular weight is 419 g/mol. The van der Waals surface area contributed by atoms with Crippen LogP contribution in [0.3, 0.4) is 0 Å². The zero-order chi connectivity index (χ0) is 20.2. The molecule has 0 N–H and O–H groups in total. The third-order valence-corrected chi connectivity index (χ3v) is 6.12. The van der Waals surface area contributed by atoms with Crippen LogP contribution < -0.4 is 0 Å². The first kappa shape index (κ1) is 21.1. The van der Waals surface area contributed by atoms with E-state index in [9.17, 15) is 28.1 Å². The van der Waals surface area contributed by atoms with Gasteiger partial charge in [0, 0.05) is 23.7 Å². The Morgan fingerprint density at radius 1 is 1.41 bits per heavy atom. The fraction of sp³-hybridized carbons (Fsp3) is 0.500. The molecule has 0 bridgehead atoms. The van der Waals surface area contributed by atoms with Gasteiger partial charge in [0.15, 0.2) is 16.4 Å². The maximum Gasteiger partial charge on any atom is 0.345 e. The maximum absolute atomic E-state index is 12.4. The van der Waals surface area contributed by atoms with E-state index >= 15 is 0 Å². The highest BCUT2D eigenvalue weighted by atomic mass is 35.5. The number of halogens is 1. The summed E-state index contributed by atoms with van der Waals surface area (Å²) in [5, 5.41) is 11.1. The van der Waals surface area contributed by atoms with Gasteiger partial charge in [0.05, 0.1) is 16.4 Å². The van der Waals surface area contributed by atoms with Crippen molar-refractivity contribution in [3.63, 3.8) is 0 Å². The Labute approximate surface area is 161 Å². The SMILES string of the molecule is CCCN(C(=O)COC(=O)c1cc(Cl)ccc1[N+](=O)[O-])[C@H]1CCS(=O)(=O)C1. The molecule has 9 nitrogen and oxygen atoms in total. The van der Waals surface area contributed by atoms with Crippen molar-refractivity contribution in [3.05, 3.63) is 38.9 Å². The molecule has 0 aliphatic carbocycles. The number of amides is 1. The Morgan fingerprint density at radius 2 is 2.11 bits per heavy atom. The number of nitro groups is 1. The van der Waals surface area contributed by atoms with Crippen molar-refractivity contribution in [2.75, 3.05) is 24.7 Å². The highest BCUT2D eigenvalue weighted by molar-refractivity contribution is 7.91. The zero-order valence-corrected chi connectivity index (χ0v) is 16.2. The molecular formula is C16H19ClN2O7S. The number of ether oxygens (including phenoxy) is 1. The minimum Gasteiger partial charge on any atom is -0.452 e. The first-order valence-electron chi connectivity index (χ1n) is 8.25. The van der Waals surface area contributed by atoms with Crippen molar-refractivity contribution >= 4 is 39.0 Å². The molecule has 1 aromatic rings. The van der Waals surface area contributed by atoms with Crippen molar-refractivity contribution < 1.29 is 27.7 Å². The van der Waals surface area contributed by atoms with Gasteiger partial charge < -0.3 is 9.64 Å². The predicted molar refractivity (Wildman–Crippen MR) is 97.5 cm³/mol. The van der Waals surface area contributed by atoms with Crippen LogP contribution in [0.2, 0.25) is 5.02 Å². The second-order valence-electron chi connectivity index (χ2n) is 6.14. The lowest BCUT2D eigenvalue weighted by atomic mass is 10.2. The molecule has 0 aromatic heterocycles. The summed E-state index contributed by atoms with van der Waals surface area (Å²) in [5.41, 5.74) is -0.838. The molecule has 1 heterocycles. The molecule has 1 atom stereocenters. The number of nitrogens with zero attached hydrogens (tertiary/aromatic N) is 2. The fourth-order valence-electron chi connectivity index (χ4n) is 2.89. The summed E-state index contributed by atoms with van der Waals surface area (Å²) in [7, 11) is -3.18. The van der Waals surface area contributed by atoms with Gasteiger partial charge in [-0.25, -0.2) is 13.2 Å². The lowest BCUT2D eigenvalue weighted by Gasteiger charge is -2.27. The summed E-state index contributed by atoms with van der Waals surface area (Å²) in [6, 6.07) is 2.99. The number of nitro benzene ring substituents is 1. The van der Waals surface area contributed by atoms with E-state index in [2.05, 4.69) is 0 Å². The number of hydrogen-bond acceptors (Lipinski definition) is 7. The predicted octanol–water partition coefficient (Wildman–Crippen LogP) is 1.83. The molecule has 1 aliphatic heterocycles. The van der Waals surface area contributed by atoms with E-state index in [1.165, 1.54) is 11.0 Å². The van der Waals surface area contributed by atoms with Crippen LogP contribution >= 0.6 is 11.6 Å². The van der Waals surface area contributed by atoms with E-state index in [1.54, 1.807) is 0 Å². The van der Waals surface area contributed by atoms with Crippen LogP contribution in [0.25, 0.3) is 0 Å². The van der Waals surface area contributed by atoms with Gasteiger partial charge in [-0.15, -0.1) is 0 Å². The number of hydrogen-bond donors (Lipinski definition) is 0. The van der Waals surface area contributed by atoms with Crippen LogP contribution in [0.1, 0.15) is 30.1 Å². The van der Waals surface area contributed by atoms with Crippen LogP contribution in [0, 0.1) is 10.1 Å². The monoisotopic (exact) mass is 418 g/mol. The molecule has 1 aromatic carbocycles. The molecule has 1 fully saturated rings. The highest BCUT2D eigenvalue weighted by Crippen LogP contribution is 2.24. The van der Waals surface area contributed by atoms with Gasteiger partial charge in [0.25, 0.3) is 11.6 Å². The van der Waals surface area contributed by atoms with Gasteiger partial charge in [0.1, 0.15) is 5.56 Å². The number of rotatable bonds is 7. The number of sulfone groups is 1. The molecule has 11 heteroatoms. The Kier molecular flexibility index (Phi) is 6.77. The Bertz CT molecular complexity index is 856. The number of carbonyl (C=O) groups excluding carboxylic acids is 2. The van der Waals surface area contributed by atoms with Crippen molar-refractivity contribution in [3.8, 4) is 0 Å². The van der Waals surface area contributed by atoms with Gasteiger partial charge in [-0.2, -0.15) is 0 Å². The molecular weight excluding hydrogens is 400 g/mol. The summed E-state index contributed by atoms with van der Waals surface area (Å²) in [5.74, 6) is -1.70. The summed E-state index contributed by atoms with van der Waals surface area (Å²) in [6.45, 7) is 1.53.